The molecule has 1 aliphatic heterocycles. The van der Waals surface area contributed by atoms with Crippen LogP contribution in [0.15, 0.2) is 42.5 Å². The van der Waals surface area contributed by atoms with Gasteiger partial charge < -0.3 is 19.6 Å². The Morgan fingerprint density at radius 1 is 1.08 bits per heavy atom. The van der Waals surface area contributed by atoms with Crippen molar-refractivity contribution in [1.29, 1.82) is 0 Å². The summed E-state index contributed by atoms with van der Waals surface area (Å²) in [5.41, 5.74) is 2.48. The highest BCUT2D eigenvalue weighted by Gasteiger charge is 2.23. The number of methoxy groups -OCH3 is 1. The first-order valence-electron chi connectivity index (χ1n) is 8.07. The van der Waals surface area contributed by atoms with Crippen LogP contribution in [0.3, 0.4) is 0 Å². The minimum Gasteiger partial charge on any atom is -0.506 e. The third kappa shape index (κ3) is 3.15. The van der Waals surface area contributed by atoms with Crippen LogP contribution in [0.1, 0.15) is 15.9 Å². The van der Waals surface area contributed by atoms with Gasteiger partial charge in [0.2, 0.25) is 0 Å². The lowest BCUT2D eigenvalue weighted by Crippen LogP contribution is -2.48. The molecule has 2 aromatic rings. The average molecular weight is 326 g/mol. The fourth-order valence-electron chi connectivity index (χ4n) is 3.02. The molecule has 0 spiro atoms. The number of amides is 1. The zero-order valence-corrected chi connectivity index (χ0v) is 14.0. The van der Waals surface area contributed by atoms with Crippen LogP contribution in [0.25, 0.3) is 0 Å². The van der Waals surface area contributed by atoms with E-state index in [9.17, 15) is 9.90 Å². The van der Waals surface area contributed by atoms with Gasteiger partial charge in [0.05, 0.1) is 12.8 Å². The minimum absolute atomic E-state index is 0.0187. The molecule has 5 heteroatoms. The molecule has 1 N–H and O–H groups in total. The molecular weight excluding hydrogens is 304 g/mol. The van der Waals surface area contributed by atoms with E-state index in [0.717, 1.165) is 17.0 Å². The van der Waals surface area contributed by atoms with Crippen molar-refractivity contribution >= 4 is 11.6 Å². The number of phenolic OH excluding ortho intramolecular Hbond substituents is 1. The van der Waals surface area contributed by atoms with Gasteiger partial charge in [-0.15, -0.1) is 0 Å². The quantitative estimate of drug-likeness (QED) is 0.942. The molecule has 1 fully saturated rings. The smallest absolute Gasteiger partial charge is 0.254 e. The first-order chi connectivity index (χ1) is 11.6. The molecule has 0 saturated carbocycles. The number of benzene rings is 2. The summed E-state index contributed by atoms with van der Waals surface area (Å²) in [6.45, 7) is 4.61. The van der Waals surface area contributed by atoms with E-state index in [1.54, 1.807) is 19.2 Å². The number of piperazine rings is 1. The summed E-state index contributed by atoms with van der Waals surface area (Å²) in [5, 5.41) is 9.96. The van der Waals surface area contributed by atoms with Crippen molar-refractivity contribution in [3.63, 3.8) is 0 Å². The van der Waals surface area contributed by atoms with Crippen molar-refractivity contribution in [2.75, 3.05) is 38.2 Å². The molecule has 3 rings (SSSR count). The molecule has 0 radical (unpaired) electrons. The molecule has 0 bridgehead atoms. The lowest BCUT2D eigenvalue weighted by atomic mass is 10.1. The Morgan fingerprint density at radius 3 is 2.46 bits per heavy atom. The van der Waals surface area contributed by atoms with Crippen molar-refractivity contribution in [2.45, 2.75) is 6.92 Å². The number of aromatic hydroxyl groups is 1. The van der Waals surface area contributed by atoms with Gasteiger partial charge in [-0.1, -0.05) is 18.2 Å². The van der Waals surface area contributed by atoms with Crippen molar-refractivity contribution in [3.05, 3.63) is 53.6 Å². The van der Waals surface area contributed by atoms with Gasteiger partial charge in [-0.05, 0) is 36.8 Å². The molecule has 0 unspecified atom stereocenters. The second-order valence-electron chi connectivity index (χ2n) is 5.95. The van der Waals surface area contributed by atoms with Crippen LogP contribution >= 0.6 is 0 Å². The Bertz CT molecular complexity index is 737. The van der Waals surface area contributed by atoms with Gasteiger partial charge in [-0.25, -0.2) is 0 Å². The molecule has 1 amide bonds. The predicted molar refractivity (Wildman–Crippen MR) is 94.0 cm³/mol. The molecule has 1 heterocycles. The van der Waals surface area contributed by atoms with E-state index < -0.39 is 0 Å². The van der Waals surface area contributed by atoms with Crippen LogP contribution in [0.5, 0.6) is 11.5 Å². The summed E-state index contributed by atoms with van der Waals surface area (Å²) >= 11 is 0. The van der Waals surface area contributed by atoms with E-state index in [1.165, 1.54) is 0 Å². The predicted octanol–water partition coefficient (Wildman–Crippen LogP) is 2.67. The van der Waals surface area contributed by atoms with Crippen molar-refractivity contribution in [2.24, 2.45) is 0 Å². The van der Waals surface area contributed by atoms with Gasteiger partial charge in [0.25, 0.3) is 5.91 Å². The maximum Gasteiger partial charge on any atom is 0.254 e. The number of nitrogens with zero attached hydrogens (tertiary/aromatic N) is 2. The first-order valence-corrected chi connectivity index (χ1v) is 8.07. The third-order valence-corrected chi connectivity index (χ3v) is 4.44. The molecular formula is C19H22N2O3. The summed E-state index contributed by atoms with van der Waals surface area (Å²) < 4.78 is 5.30. The number of ether oxygens (including phenoxy) is 1. The number of carbonyl (C=O) groups excluding carboxylic acids is 1. The summed E-state index contributed by atoms with van der Waals surface area (Å²) in [4.78, 5) is 16.6. The topological polar surface area (TPSA) is 53.0 Å². The van der Waals surface area contributed by atoms with Gasteiger partial charge in [0.15, 0.2) is 0 Å². The second kappa shape index (κ2) is 6.83. The molecule has 126 valence electrons. The Morgan fingerprint density at radius 2 is 1.79 bits per heavy atom. The fourth-order valence-corrected chi connectivity index (χ4v) is 3.02. The van der Waals surface area contributed by atoms with Crippen molar-refractivity contribution < 1.29 is 14.6 Å². The monoisotopic (exact) mass is 326 g/mol. The first kappa shape index (κ1) is 16.2. The molecule has 1 saturated heterocycles. The van der Waals surface area contributed by atoms with E-state index in [-0.39, 0.29) is 11.7 Å². The second-order valence-corrected chi connectivity index (χ2v) is 5.95. The third-order valence-electron chi connectivity index (χ3n) is 4.44. The van der Waals surface area contributed by atoms with Crippen LogP contribution in [0.4, 0.5) is 5.69 Å². The number of para-hydroxylation sites is 2. The highest BCUT2D eigenvalue weighted by molar-refractivity contribution is 5.95. The number of carbonyl (C=O) groups is 1. The van der Waals surface area contributed by atoms with E-state index in [4.69, 9.17) is 4.74 Å². The minimum atomic E-state index is 0.0187. The van der Waals surface area contributed by atoms with Gasteiger partial charge in [-0.3, -0.25) is 4.79 Å². The zero-order valence-electron chi connectivity index (χ0n) is 14.0. The Hall–Kier alpha value is -2.69. The molecule has 0 aliphatic carbocycles. The number of rotatable bonds is 3. The van der Waals surface area contributed by atoms with E-state index in [2.05, 4.69) is 4.90 Å². The lowest BCUT2D eigenvalue weighted by Gasteiger charge is -2.36. The summed E-state index contributed by atoms with van der Waals surface area (Å²) in [7, 11) is 1.61. The van der Waals surface area contributed by atoms with Gasteiger partial charge >= 0.3 is 0 Å². The maximum absolute atomic E-state index is 12.7. The molecule has 0 aromatic heterocycles. The van der Waals surface area contributed by atoms with Gasteiger partial charge in [0, 0.05) is 31.7 Å². The van der Waals surface area contributed by atoms with Gasteiger partial charge in [-0.2, -0.15) is 0 Å². The van der Waals surface area contributed by atoms with E-state index >= 15 is 0 Å². The number of phenols is 1. The normalized spacial score (nSPS) is 14.6. The SMILES string of the molecule is COc1cc(C(=O)N2CCN(c3ccccc3O)CC2)ccc1C. The van der Waals surface area contributed by atoms with Crippen LogP contribution in [-0.2, 0) is 0 Å². The Kier molecular flexibility index (Phi) is 4.60. The summed E-state index contributed by atoms with van der Waals surface area (Å²) in [6, 6.07) is 12.9. The van der Waals surface area contributed by atoms with Crippen molar-refractivity contribution in [3.8, 4) is 11.5 Å². The zero-order chi connectivity index (χ0) is 17.1. The highest BCUT2D eigenvalue weighted by atomic mass is 16.5. The number of hydrogen-bond acceptors (Lipinski definition) is 4. The Balaban J connectivity index is 1.68. The van der Waals surface area contributed by atoms with E-state index in [0.29, 0.717) is 31.7 Å². The van der Waals surface area contributed by atoms with Crippen LogP contribution in [0, 0.1) is 6.92 Å². The Labute approximate surface area is 142 Å². The van der Waals surface area contributed by atoms with Crippen LogP contribution in [0.2, 0.25) is 0 Å². The van der Waals surface area contributed by atoms with Crippen LogP contribution in [-0.4, -0.2) is 49.2 Å². The number of hydrogen-bond donors (Lipinski definition) is 1. The average Bonchev–Trinajstić information content (AvgIpc) is 2.62. The van der Waals surface area contributed by atoms with Crippen molar-refractivity contribution in [1.82, 2.24) is 4.90 Å². The standard InChI is InChI=1S/C19H22N2O3/c1-14-7-8-15(13-18(14)24-2)19(23)21-11-9-20(10-12-21)16-5-3-4-6-17(16)22/h3-8,13,22H,9-12H2,1-2H3. The van der Waals surface area contributed by atoms with Crippen LogP contribution < -0.4 is 9.64 Å². The largest absolute Gasteiger partial charge is 0.506 e. The fraction of sp³-hybridized carbons (Fsp3) is 0.316. The highest BCUT2D eigenvalue weighted by Crippen LogP contribution is 2.27. The van der Waals surface area contributed by atoms with Gasteiger partial charge in [0.1, 0.15) is 11.5 Å². The number of anilines is 1. The molecule has 0 atom stereocenters. The molecule has 5 nitrogen and oxygen atoms in total. The van der Waals surface area contributed by atoms with E-state index in [1.807, 2.05) is 42.2 Å². The lowest BCUT2D eigenvalue weighted by molar-refractivity contribution is 0.0746. The number of aryl methyl sites for hydroxylation is 1. The maximum atomic E-state index is 12.7. The molecule has 1 aliphatic rings. The molecule has 24 heavy (non-hydrogen) atoms. The summed E-state index contributed by atoms with van der Waals surface area (Å²) in [6.07, 6.45) is 0. The molecule has 2 aromatic carbocycles. The summed E-state index contributed by atoms with van der Waals surface area (Å²) in [5.74, 6) is 1.03.